The molecule has 1 aromatic heterocycles. The third-order valence-electron chi connectivity index (χ3n) is 38.4. The molecule has 14 aromatic carbocycles. The van der Waals surface area contributed by atoms with Gasteiger partial charge >= 0.3 is 0 Å². The predicted molar refractivity (Wildman–Crippen MR) is 606 cm³/mol. The molecule has 0 bridgehead atoms. The van der Waals surface area contributed by atoms with Crippen molar-refractivity contribution >= 4 is 163 Å². The van der Waals surface area contributed by atoms with Gasteiger partial charge in [0.1, 0.15) is 0 Å². The van der Waals surface area contributed by atoms with Gasteiger partial charge in [0.25, 0.3) is 13.4 Å². The van der Waals surface area contributed by atoms with Crippen LogP contribution in [0.5, 0.6) is 0 Å². The lowest BCUT2D eigenvalue weighted by Crippen LogP contribution is -2.64. The molecule has 4 aliphatic carbocycles. The molecule has 0 N–H and O–H groups in total. The topological polar surface area (TPSA) is 19.4 Å². The van der Waals surface area contributed by atoms with Crippen molar-refractivity contribution < 1.29 is 0 Å². The summed E-state index contributed by atoms with van der Waals surface area (Å²) in [5, 5.41) is 2.65. The van der Waals surface area contributed by atoms with Crippen LogP contribution in [0.25, 0.3) is 31.3 Å². The normalized spacial score (nSPS) is 22.8. The summed E-state index contributed by atoms with van der Waals surface area (Å²) in [6.45, 7) is 56.9. The van der Waals surface area contributed by atoms with Gasteiger partial charge in [0.2, 0.25) is 0 Å². The van der Waals surface area contributed by atoms with E-state index >= 15 is 0 Å². The molecule has 3 fully saturated rings. The van der Waals surface area contributed by atoms with Crippen LogP contribution in [0.1, 0.15) is 300 Å². The zero-order valence-corrected chi connectivity index (χ0v) is 88.6. The number of rotatable bonds is 10. The van der Waals surface area contributed by atoms with E-state index in [0.717, 1.165) is 55.6 Å². The van der Waals surface area contributed by atoms with Crippen molar-refractivity contribution in [3.63, 3.8) is 0 Å². The van der Waals surface area contributed by atoms with E-state index in [4.69, 9.17) is 0 Å². The van der Waals surface area contributed by atoms with E-state index in [-0.39, 0.29) is 78.8 Å². The maximum Gasteiger partial charge on any atom is 0.252 e. The van der Waals surface area contributed by atoms with Gasteiger partial charge < -0.3 is 29.4 Å². The van der Waals surface area contributed by atoms with Crippen molar-refractivity contribution in [3.8, 4) is 11.1 Å². The highest BCUT2D eigenvalue weighted by atomic mass is 32.1. The van der Waals surface area contributed by atoms with Crippen molar-refractivity contribution in [2.75, 3.05) is 29.4 Å². The lowest BCUT2D eigenvalue weighted by atomic mass is 9.33. The average Bonchev–Trinajstić information content (AvgIpc) is 1.52. The Balaban J connectivity index is 0.614. The molecule has 3 saturated carbocycles. The molecule has 0 radical (unpaired) electrons. The maximum atomic E-state index is 2.93. The van der Waals surface area contributed by atoms with Crippen molar-refractivity contribution in [1.29, 1.82) is 0 Å². The standard InChI is InChI=1S/C132H138B2N6S/c1-80-66-110-117-112(68-80)139-120-102(128(20)61-29-31-62-129(128,139)21)72-88(124(12,13)14)74-106(120)134(117)104-57-53-94(78-109(104)136(110)91-54-59-115-98(75-91)96-39-27-28-41-114(96)141-115)138-107-58-46-86(70-100(107)132(85-37-25-24-26-38-85)65-34-33-64-131(132,138)23)125(15,16)79-82-36-35-40-97-95-55-51-92(76-99(95)126(17,18)116(82)97)137-108-77-93(135(89-47-42-83(43-48-89)121(3,4)5)90-49-44-84(45-50-90)122(6,7)8)52-56-103(108)133-105-73-87(123(9,10)11)71-101-119(105)140(113-69-81(2)67-111(137)118(113)133)130(22)63-32-30-60-127(101,130)19/h24-28,35-59,66-78H,29-34,60-65,79H2,1-23H3. The highest BCUT2D eigenvalue weighted by molar-refractivity contribution is 7.25. The fourth-order valence-electron chi connectivity index (χ4n) is 30.6. The van der Waals surface area contributed by atoms with Crippen LogP contribution in [-0.4, -0.2) is 30.0 Å². The Morgan fingerprint density at radius 1 is 0.326 bits per heavy atom. The second-order valence-electron chi connectivity index (χ2n) is 51.5. The number of nitrogens with zero attached hydrogens (tertiary/aromatic N) is 6. The van der Waals surface area contributed by atoms with Gasteiger partial charge in [-0.25, -0.2) is 0 Å². The third-order valence-corrected chi connectivity index (χ3v) is 39.6. The molecule has 6 atom stereocenters. The Hall–Kier alpha value is -11.8. The molecule has 141 heavy (non-hydrogen) atoms. The molecule has 15 aromatic rings. The van der Waals surface area contributed by atoms with Crippen LogP contribution in [-0.2, 0) is 55.2 Å². The van der Waals surface area contributed by atoms with E-state index in [2.05, 4.69) is 449 Å². The van der Waals surface area contributed by atoms with Crippen LogP contribution in [0.3, 0.4) is 0 Å². The molecule has 7 aliphatic heterocycles. The van der Waals surface area contributed by atoms with Crippen LogP contribution < -0.4 is 62.2 Å². The average molecular weight is 1860 g/mol. The van der Waals surface area contributed by atoms with Gasteiger partial charge in [-0.15, -0.1) is 11.3 Å². The van der Waals surface area contributed by atoms with Crippen LogP contribution in [0, 0.1) is 13.8 Å². The van der Waals surface area contributed by atoms with E-state index in [1.165, 1.54) is 244 Å². The van der Waals surface area contributed by atoms with Crippen LogP contribution in [0.15, 0.2) is 261 Å². The second-order valence-corrected chi connectivity index (χ2v) is 52.5. The van der Waals surface area contributed by atoms with Crippen molar-refractivity contribution in [2.45, 2.75) is 308 Å². The first-order valence-corrected chi connectivity index (χ1v) is 54.2. The molecule has 11 aliphatic rings. The molecule has 0 spiro atoms. The first kappa shape index (κ1) is 89.3. The minimum absolute atomic E-state index is 0.00269. The molecular weight excluding hydrogens is 1720 g/mol. The molecule has 9 heteroatoms. The van der Waals surface area contributed by atoms with Crippen LogP contribution in [0.4, 0.5) is 85.3 Å². The Morgan fingerprint density at radius 2 is 0.801 bits per heavy atom. The van der Waals surface area contributed by atoms with Crippen molar-refractivity contribution in [1.82, 2.24) is 0 Å². The number of hydrogen-bond donors (Lipinski definition) is 0. The Labute approximate surface area is 844 Å². The number of hydrogen-bond acceptors (Lipinski definition) is 7. The van der Waals surface area contributed by atoms with Gasteiger partial charge in [-0.1, -0.05) is 309 Å². The summed E-state index contributed by atoms with van der Waals surface area (Å²) in [7, 11) is 0. The summed E-state index contributed by atoms with van der Waals surface area (Å²) in [4.78, 5) is 16.8. The third kappa shape index (κ3) is 12.2. The largest absolute Gasteiger partial charge is 0.335 e. The second kappa shape index (κ2) is 29.7. The lowest BCUT2D eigenvalue weighted by molar-refractivity contribution is 0.195. The van der Waals surface area contributed by atoms with Gasteiger partial charge in [0.05, 0.1) is 16.6 Å². The number of thiophene rings is 1. The van der Waals surface area contributed by atoms with Gasteiger partial charge in [-0.05, 0) is 344 Å². The highest BCUT2D eigenvalue weighted by Crippen LogP contribution is 2.69. The lowest BCUT2D eigenvalue weighted by Gasteiger charge is -2.53. The molecule has 6 nitrogen and oxygen atoms in total. The maximum absolute atomic E-state index is 2.93. The SMILES string of the molecule is Cc1cc2c3c(c1)N1c4c(cc(C(C)(C)C)cc4C4(C)CCCCC14C)B3c1ccc(N(c3ccc(C(C)(C)C)cc3)c3ccc(C(C)(C)C)cc3)cc1N2c1ccc2c(c1)C(C)(C)c1c(CC(C)(C)c3ccc4c(c3)C3(c5ccccc5)CCCCC3(C)N4c3ccc4c(c3)N(c3ccc5sc6ccccc6c5c3)c3cc(C)cc5c3B4c3cc(C(C)(C)C)cc4c3N5C3(C)CCCCC43C)cccc1-2. The van der Waals surface area contributed by atoms with E-state index in [1.807, 2.05) is 11.3 Å². The first-order chi connectivity index (χ1) is 67.1. The summed E-state index contributed by atoms with van der Waals surface area (Å²) in [6.07, 6.45) is 15.0. The molecule has 0 amide bonds. The van der Waals surface area contributed by atoms with E-state index in [0.29, 0.717) is 0 Å². The number of fused-ring (bicyclic) bond motifs is 23. The minimum atomic E-state index is -0.368. The quantitative estimate of drug-likeness (QED) is 0.126. The minimum Gasteiger partial charge on any atom is -0.335 e. The molecule has 26 rings (SSSR count). The molecule has 6 unspecified atom stereocenters. The summed E-state index contributed by atoms with van der Waals surface area (Å²) < 4.78 is 2.66. The fraction of sp³-hybridized carbons (Fsp3) is 0.364. The monoisotopic (exact) mass is 1860 g/mol. The Morgan fingerprint density at radius 3 is 1.38 bits per heavy atom. The van der Waals surface area contributed by atoms with Crippen LogP contribution in [0.2, 0.25) is 0 Å². The molecule has 0 saturated heterocycles. The van der Waals surface area contributed by atoms with Crippen molar-refractivity contribution in [2.24, 2.45) is 0 Å². The van der Waals surface area contributed by atoms with Gasteiger partial charge in [-0.2, -0.15) is 0 Å². The summed E-state index contributed by atoms with van der Waals surface area (Å²) >= 11 is 1.92. The molecular formula is C132H138B2N6S. The highest BCUT2D eigenvalue weighted by Gasteiger charge is 2.66. The molecule has 8 heterocycles. The number of benzene rings is 14. The number of aryl methyl sites for hydroxylation is 2. The van der Waals surface area contributed by atoms with E-state index < -0.39 is 0 Å². The fourth-order valence-corrected chi connectivity index (χ4v) is 31.7. The first-order valence-electron chi connectivity index (χ1n) is 53.4. The predicted octanol–water partition coefficient (Wildman–Crippen LogP) is 31.6. The van der Waals surface area contributed by atoms with E-state index in [1.54, 1.807) is 11.1 Å². The smallest absolute Gasteiger partial charge is 0.252 e. The summed E-state index contributed by atoms with van der Waals surface area (Å²) in [5.41, 5.74) is 48.6. The molecule has 708 valence electrons. The van der Waals surface area contributed by atoms with Crippen LogP contribution >= 0.6 is 11.3 Å². The Bertz CT molecular complexity index is 7820. The van der Waals surface area contributed by atoms with E-state index in [9.17, 15) is 0 Å². The number of anilines is 15. The Kier molecular flexibility index (Phi) is 18.8. The zero-order chi connectivity index (χ0) is 97.6. The van der Waals surface area contributed by atoms with Crippen molar-refractivity contribution in [3.05, 3.63) is 339 Å². The van der Waals surface area contributed by atoms with Gasteiger partial charge in [0.15, 0.2) is 0 Å². The van der Waals surface area contributed by atoms with Gasteiger partial charge in [0, 0.05) is 127 Å². The summed E-state index contributed by atoms with van der Waals surface area (Å²) in [5.74, 6) is 0. The zero-order valence-electron chi connectivity index (χ0n) is 87.8. The van der Waals surface area contributed by atoms with Gasteiger partial charge in [-0.3, -0.25) is 0 Å². The summed E-state index contributed by atoms with van der Waals surface area (Å²) in [6, 6.07) is 107.